The Morgan fingerprint density at radius 3 is 2.57 bits per heavy atom. The van der Waals surface area contributed by atoms with E-state index in [-0.39, 0.29) is 6.03 Å². The SMILES string of the molecule is CCNC(=O)Nc1ccc(-c2ccc3ncnc(N)c3c2)cc1. The molecular weight excluding hydrogens is 290 g/mol. The Bertz CT molecular complexity index is 845. The van der Waals surface area contributed by atoms with Gasteiger partial charge in [0.05, 0.1) is 5.52 Å². The van der Waals surface area contributed by atoms with Gasteiger partial charge in [-0.25, -0.2) is 14.8 Å². The summed E-state index contributed by atoms with van der Waals surface area (Å²) in [5, 5.41) is 6.29. The van der Waals surface area contributed by atoms with E-state index in [9.17, 15) is 4.79 Å². The summed E-state index contributed by atoms with van der Waals surface area (Å²) in [6.45, 7) is 2.46. The highest BCUT2D eigenvalue weighted by molar-refractivity contribution is 5.92. The van der Waals surface area contributed by atoms with E-state index in [1.165, 1.54) is 6.33 Å². The highest BCUT2D eigenvalue weighted by Crippen LogP contribution is 2.26. The van der Waals surface area contributed by atoms with Crippen molar-refractivity contribution in [2.45, 2.75) is 6.92 Å². The van der Waals surface area contributed by atoms with Crippen LogP contribution in [0.15, 0.2) is 48.8 Å². The van der Waals surface area contributed by atoms with E-state index < -0.39 is 0 Å². The zero-order valence-electron chi connectivity index (χ0n) is 12.7. The van der Waals surface area contributed by atoms with Gasteiger partial charge in [-0.05, 0) is 42.3 Å². The summed E-state index contributed by atoms with van der Waals surface area (Å²) in [6.07, 6.45) is 1.46. The molecule has 1 heterocycles. The lowest BCUT2D eigenvalue weighted by molar-refractivity contribution is 0.252. The first-order valence-electron chi connectivity index (χ1n) is 7.33. The number of nitrogens with zero attached hydrogens (tertiary/aromatic N) is 2. The minimum Gasteiger partial charge on any atom is -0.383 e. The van der Waals surface area contributed by atoms with Crippen molar-refractivity contribution in [3.63, 3.8) is 0 Å². The molecule has 0 saturated heterocycles. The molecule has 0 fully saturated rings. The standard InChI is InChI=1S/C17H17N5O/c1-2-19-17(23)22-13-6-3-11(4-7-13)12-5-8-15-14(9-12)16(18)21-10-20-15/h3-10H,2H2,1H3,(H2,18,20,21)(H2,19,22,23). The molecule has 0 spiro atoms. The average Bonchev–Trinajstić information content (AvgIpc) is 2.56. The van der Waals surface area contributed by atoms with Gasteiger partial charge in [0.25, 0.3) is 0 Å². The lowest BCUT2D eigenvalue weighted by Crippen LogP contribution is -2.28. The van der Waals surface area contributed by atoms with Gasteiger partial charge in [-0.3, -0.25) is 0 Å². The second kappa shape index (κ2) is 6.31. The highest BCUT2D eigenvalue weighted by Gasteiger charge is 2.05. The van der Waals surface area contributed by atoms with Crippen molar-refractivity contribution in [2.75, 3.05) is 17.6 Å². The van der Waals surface area contributed by atoms with Crippen LogP contribution in [0.4, 0.5) is 16.3 Å². The minimum absolute atomic E-state index is 0.212. The van der Waals surface area contributed by atoms with Crippen LogP contribution in [0.5, 0.6) is 0 Å². The van der Waals surface area contributed by atoms with E-state index in [4.69, 9.17) is 5.73 Å². The van der Waals surface area contributed by atoms with Crippen molar-refractivity contribution in [3.05, 3.63) is 48.8 Å². The number of fused-ring (bicyclic) bond motifs is 1. The molecule has 23 heavy (non-hydrogen) atoms. The first-order valence-corrected chi connectivity index (χ1v) is 7.33. The number of anilines is 2. The molecular formula is C17H17N5O. The molecule has 0 radical (unpaired) electrons. The molecule has 6 nitrogen and oxygen atoms in total. The summed E-state index contributed by atoms with van der Waals surface area (Å²) in [6, 6.07) is 13.3. The van der Waals surface area contributed by atoms with Gasteiger partial charge in [-0.1, -0.05) is 18.2 Å². The quantitative estimate of drug-likeness (QED) is 0.693. The van der Waals surface area contributed by atoms with E-state index >= 15 is 0 Å². The van der Waals surface area contributed by atoms with Crippen LogP contribution in [0.2, 0.25) is 0 Å². The summed E-state index contributed by atoms with van der Waals surface area (Å²) < 4.78 is 0. The fraction of sp³-hybridized carbons (Fsp3) is 0.118. The predicted octanol–water partition coefficient (Wildman–Crippen LogP) is 3.02. The largest absolute Gasteiger partial charge is 0.383 e. The summed E-state index contributed by atoms with van der Waals surface area (Å²) in [5.41, 5.74) is 9.50. The molecule has 0 saturated carbocycles. The van der Waals surface area contributed by atoms with E-state index in [1.807, 2.05) is 49.4 Å². The summed E-state index contributed by atoms with van der Waals surface area (Å²) in [5.74, 6) is 0.464. The lowest BCUT2D eigenvalue weighted by atomic mass is 10.0. The topological polar surface area (TPSA) is 92.9 Å². The normalized spacial score (nSPS) is 10.5. The fourth-order valence-corrected chi connectivity index (χ4v) is 2.34. The number of carbonyl (C=O) groups excluding carboxylic acids is 1. The van der Waals surface area contributed by atoms with Gasteiger partial charge < -0.3 is 16.4 Å². The Hall–Kier alpha value is -3.15. The molecule has 3 rings (SSSR count). The van der Waals surface area contributed by atoms with Crippen LogP contribution in [0.3, 0.4) is 0 Å². The van der Waals surface area contributed by atoms with Gasteiger partial charge in [0.2, 0.25) is 0 Å². The maximum atomic E-state index is 11.5. The maximum Gasteiger partial charge on any atom is 0.319 e. The first kappa shape index (κ1) is 14.8. The van der Waals surface area contributed by atoms with Crippen LogP contribution in [0.1, 0.15) is 6.92 Å². The number of urea groups is 1. The third-order valence-corrected chi connectivity index (χ3v) is 3.48. The minimum atomic E-state index is -0.212. The molecule has 2 amide bonds. The molecule has 0 bridgehead atoms. The number of hydrogen-bond acceptors (Lipinski definition) is 4. The number of rotatable bonds is 3. The van der Waals surface area contributed by atoms with Crippen molar-refractivity contribution in [1.82, 2.24) is 15.3 Å². The Kier molecular flexibility index (Phi) is 4.05. The van der Waals surface area contributed by atoms with Gasteiger partial charge in [0, 0.05) is 17.6 Å². The van der Waals surface area contributed by atoms with Crippen LogP contribution in [-0.2, 0) is 0 Å². The van der Waals surface area contributed by atoms with E-state index in [0.717, 1.165) is 27.7 Å². The number of nitrogen functional groups attached to an aromatic ring is 1. The fourth-order valence-electron chi connectivity index (χ4n) is 2.34. The van der Waals surface area contributed by atoms with Gasteiger partial charge in [-0.2, -0.15) is 0 Å². The number of nitrogens with one attached hydrogen (secondary N) is 2. The number of carbonyl (C=O) groups is 1. The van der Waals surface area contributed by atoms with Crippen LogP contribution in [-0.4, -0.2) is 22.5 Å². The number of amides is 2. The van der Waals surface area contributed by atoms with Crippen LogP contribution >= 0.6 is 0 Å². The molecule has 0 unspecified atom stereocenters. The zero-order chi connectivity index (χ0) is 16.2. The molecule has 0 atom stereocenters. The van der Waals surface area contributed by atoms with Crippen LogP contribution < -0.4 is 16.4 Å². The second-order valence-corrected chi connectivity index (χ2v) is 5.05. The lowest BCUT2D eigenvalue weighted by Gasteiger charge is -2.08. The van der Waals surface area contributed by atoms with Crippen molar-refractivity contribution < 1.29 is 4.79 Å². The molecule has 116 valence electrons. The molecule has 1 aromatic heterocycles. The van der Waals surface area contributed by atoms with Crippen molar-refractivity contribution in [3.8, 4) is 11.1 Å². The van der Waals surface area contributed by atoms with Gasteiger partial charge in [0.15, 0.2) is 0 Å². The molecule has 0 aliphatic heterocycles. The molecule has 2 aromatic carbocycles. The smallest absolute Gasteiger partial charge is 0.319 e. The molecule has 6 heteroatoms. The highest BCUT2D eigenvalue weighted by atomic mass is 16.2. The Morgan fingerprint density at radius 2 is 1.83 bits per heavy atom. The van der Waals surface area contributed by atoms with Crippen molar-refractivity contribution >= 4 is 28.4 Å². The van der Waals surface area contributed by atoms with Gasteiger partial charge in [-0.15, -0.1) is 0 Å². The average molecular weight is 307 g/mol. The van der Waals surface area contributed by atoms with E-state index in [1.54, 1.807) is 0 Å². The first-order chi connectivity index (χ1) is 11.2. The van der Waals surface area contributed by atoms with Crippen molar-refractivity contribution in [1.29, 1.82) is 0 Å². The Morgan fingerprint density at radius 1 is 1.09 bits per heavy atom. The number of nitrogens with two attached hydrogens (primary N) is 1. The molecule has 0 aliphatic rings. The summed E-state index contributed by atoms with van der Waals surface area (Å²) in [4.78, 5) is 19.7. The number of benzene rings is 2. The van der Waals surface area contributed by atoms with Crippen LogP contribution in [0.25, 0.3) is 22.0 Å². The predicted molar refractivity (Wildman–Crippen MR) is 92.1 cm³/mol. The maximum absolute atomic E-state index is 11.5. The van der Waals surface area contributed by atoms with E-state index in [2.05, 4.69) is 20.6 Å². The second-order valence-electron chi connectivity index (χ2n) is 5.05. The third kappa shape index (κ3) is 3.21. The summed E-state index contributed by atoms with van der Waals surface area (Å²) >= 11 is 0. The summed E-state index contributed by atoms with van der Waals surface area (Å²) in [7, 11) is 0. The third-order valence-electron chi connectivity index (χ3n) is 3.48. The molecule has 0 aliphatic carbocycles. The van der Waals surface area contributed by atoms with Gasteiger partial charge >= 0.3 is 6.03 Å². The van der Waals surface area contributed by atoms with Crippen LogP contribution in [0, 0.1) is 0 Å². The monoisotopic (exact) mass is 307 g/mol. The van der Waals surface area contributed by atoms with E-state index in [0.29, 0.717) is 12.4 Å². The molecule has 4 N–H and O–H groups in total. The Balaban J connectivity index is 1.87. The Labute approximate surface area is 133 Å². The zero-order valence-corrected chi connectivity index (χ0v) is 12.7. The molecule has 3 aromatic rings. The van der Waals surface area contributed by atoms with Crippen molar-refractivity contribution in [2.24, 2.45) is 0 Å². The van der Waals surface area contributed by atoms with Gasteiger partial charge in [0.1, 0.15) is 12.1 Å². The number of aromatic nitrogens is 2. The number of hydrogen-bond donors (Lipinski definition) is 3.